The van der Waals surface area contributed by atoms with E-state index in [4.69, 9.17) is 6.85 Å². The Morgan fingerprint density at radius 1 is 1.35 bits per heavy atom. The Morgan fingerprint density at radius 3 is 2.61 bits per heavy atom. The van der Waals surface area contributed by atoms with Crippen LogP contribution < -0.4 is 0 Å². The summed E-state index contributed by atoms with van der Waals surface area (Å²) in [5.41, 5.74) is 1.46. The highest BCUT2D eigenvalue weighted by atomic mass is 16.3. The van der Waals surface area contributed by atoms with Crippen LogP contribution in [0.1, 0.15) is 76.7 Å². The first-order valence-corrected chi connectivity index (χ1v) is 8.31. The maximum Gasteiger partial charge on any atom is 0.123 e. The summed E-state index contributed by atoms with van der Waals surface area (Å²) in [7, 11) is 0. The summed E-state index contributed by atoms with van der Waals surface area (Å²) in [6.45, 7) is 5.21. The molecule has 126 valence electrons. The number of phenolic OH excluding ortho intramolecular Hbond substituents is 2. The molecule has 0 aromatic heterocycles. The normalized spacial score (nSPS) is 27.0. The van der Waals surface area contributed by atoms with Gasteiger partial charge in [0.25, 0.3) is 0 Å². The molecule has 0 bridgehead atoms. The summed E-state index contributed by atoms with van der Waals surface area (Å²) in [6, 6.07) is 3.23. The summed E-state index contributed by atoms with van der Waals surface area (Å²) in [5, 5.41) is 21.3. The summed E-state index contributed by atoms with van der Waals surface area (Å²) < 4.78 is 39.6. The Labute approximate surface area is 147 Å². The van der Waals surface area contributed by atoms with Crippen molar-refractivity contribution in [1.29, 1.82) is 0 Å². The number of hydrogen-bond donors (Lipinski definition) is 2. The van der Waals surface area contributed by atoms with Crippen molar-refractivity contribution in [3.63, 3.8) is 0 Å². The molecular formula is C21H30O2. The smallest absolute Gasteiger partial charge is 0.123 e. The van der Waals surface area contributed by atoms with Gasteiger partial charge < -0.3 is 10.2 Å². The first-order valence-electron chi connectivity index (χ1n) is 10.8. The van der Waals surface area contributed by atoms with E-state index in [2.05, 4.69) is 13.5 Å². The van der Waals surface area contributed by atoms with Crippen molar-refractivity contribution < 1.29 is 17.1 Å². The minimum atomic E-state index is -2.59. The molecule has 0 amide bonds. The van der Waals surface area contributed by atoms with Crippen molar-refractivity contribution in [3.05, 3.63) is 47.1 Å². The first-order chi connectivity index (χ1) is 12.9. The van der Waals surface area contributed by atoms with Crippen LogP contribution in [0.15, 0.2) is 35.9 Å². The van der Waals surface area contributed by atoms with Gasteiger partial charge in [0.1, 0.15) is 11.5 Å². The minimum Gasteiger partial charge on any atom is -0.507 e. The van der Waals surface area contributed by atoms with Gasteiger partial charge in [-0.25, -0.2) is 0 Å². The van der Waals surface area contributed by atoms with E-state index in [0.717, 1.165) is 31.2 Å². The van der Waals surface area contributed by atoms with E-state index < -0.39 is 25.1 Å². The molecule has 2 N–H and O–H groups in total. The van der Waals surface area contributed by atoms with Gasteiger partial charge in [-0.05, 0) is 63.0 Å². The average Bonchev–Trinajstić information content (AvgIpc) is 2.53. The predicted octanol–water partition coefficient (Wildman–Crippen LogP) is 5.85. The largest absolute Gasteiger partial charge is 0.507 e. The number of benzene rings is 1. The number of phenols is 2. The van der Waals surface area contributed by atoms with Crippen molar-refractivity contribution in [2.45, 2.75) is 65.1 Å². The van der Waals surface area contributed by atoms with Gasteiger partial charge in [0.15, 0.2) is 0 Å². The van der Waals surface area contributed by atoms with E-state index in [1.165, 1.54) is 6.08 Å². The number of aromatic hydroxyl groups is 2. The van der Waals surface area contributed by atoms with Crippen LogP contribution in [0.3, 0.4) is 0 Å². The van der Waals surface area contributed by atoms with Crippen LogP contribution in [0.2, 0.25) is 0 Å². The molecule has 1 aliphatic rings. The van der Waals surface area contributed by atoms with Crippen molar-refractivity contribution in [3.8, 4) is 11.5 Å². The van der Waals surface area contributed by atoms with Crippen LogP contribution in [0.4, 0.5) is 0 Å². The van der Waals surface area contributed by atoms with Gasteiger partial charge in [-0.2, -0.15) is 0 Å². The average molecular weight is 319 g/mol. The molecule has 0 unspecified atom stereocenters. The van der Waals surface area contributed by atoms with E-state index in [-0.39, 0.29) is 29.1 Å². The van der Waals surface area contributed by atoms with Crippen LogP contribution in [-0.4, -0.2) is 10.2 Å². The zero-order valence-electron chi connectivity index (χ0n) is 19.0. The summed E-state index contributed by atoms with van der Waals surface area (Å²) >= 11 is 0. The van der Waals surface area contributed by atoms with E-state index in [9.17, 15) is 10.2 Å². The Balaban J connectivity index is 2.54. The predicted molar refractivity (Wildman–Crippen MR) is 97.0 cm³/mol. The van der Waals surface area contributed by atoms with Gasteiger partial charge in [0.2, 0.25) is 0 Å². The molecular weight excluding hydrogens is 284 g/mol. The zero-order chi connectivity index (χ0) is 21.3. The molecule has 0 spiro atoms. The molecule has 0 aliphatic heterocycles. The monoisotopic (exact) mass is 319 g/mol. The molecule has 23 heavy (non-hydrogen) atoms. The fourth-order valence-corrected chi connectivity index (χ4v) is 3.21. The summed E-state index contributed by atoms with van der Waals surface area (Å²) in [4.78, 5) is 0. The molecule has 1 aromatic carbocycles. The van der Waals surface area contributed by atoms with Gasteiger partial charge >= 0.3 is 0 Å². The highest BCUT2D eigenvalue weighted by Crippen LogP contribution is 2.46. The summed E-state index contributed by atoms with van der Waals surface area (Å²) in [5.74, 6) is -1.26. The molecule has 2 rings (SSSR count). The first kappa shape index (κ1) is 11.8. The van der Waals surface area contributed by atoms with E-state index in [0.29, 0.717) is 5.57 Å². The number of allylic oxidation sites excluding steroid dienone is 3. The van der Waals surface area contributed by atoms with Crippen molar-refractivity contribution in [2.24, 2.45) is 5.92 Å². The van der Waals surface area contributed by atoms with Crippen LogP contribution in [0.5, 0.6) is 11.5 Å². The minimum absolute atomic E-state index is 0.0612. The highest BCUT2D eigenvalue weighted by molar-refractivity contribution is 5.51. The van der Waals surface area contributed by atoms with E-state index >= 15 is 0 Å². The van der Waals surface area contributed by atoms with Gasteiger partial charge in [0.05, 0.1) is 0 Å². The molecule has 0 heterocycles. The summed E-state index contributed by atoms with van der Waals surface area (Å²) in [6.07, 6.45) is 3.12. The van der Waals surface area contributed by atoms with Gasteiger partial charge in [-0.3, -0.25) is 0 Å². The fourth-order valence-electron chi connectivity index (χ4n) is 3.21. The Hall–Kier alpha value is -1.70. The Kier molecular flexibility index (Phi) is 3.95. The van der Waals surface area contributed by atoms with Gasteiger partial charge in [0, 0.05) is 18.3 Å². The number of unbranched alkanes of at least 4 members (excludes halogenated alkanes) is 2. The topological polar surface area (TPSA) is 40.5 Å². The third-order valence-electron chi connectivity index (χ3n) is 4.52. The molecule has 0 fully saturated rings. The highest BCUT2D eigenvalue weighted by Gasteiger charge is 2.29. The van der Waals surface area contributed by atoms with E-state index in [1.807, 2.05) is 0 Å². The number of hydrogen-bond acceptors (Lipinski definition) is 2. The lowest BCUT2D eigenvalue weighted by molar-refractivity contribution is 0.406. The molecule has 0 radical (unpaired) electrons. The second kappa shape index (κ2) is 7.72. The Morgan fingerprint density at radius 2 is 2.04 bits per heavy atom. The molecule has 2 atom stereocenters. The van der Waals surface area contributed by atoms with Crippen LogP contribution in [0, 0.1) is 5.92 Å². The molecule has 1 aliphatic carbocycles. The molecule has 0 saturated heterocycles. The van der Waals surface area contributed by atoms with Gasteiger partial charge in [-0.1, -0.05) is 43.6 Å². The van der Waals surface area contributed by atoms with Crippen LogP contribution in [0.25, 0.3) is 0 Å². The molecule has 0 saturated carbocycles. The van der Waals surface area contributed by atoms with Crippen molar-refractivity contribution >= 4 is 0 Å². The Bertz CT molecular complexity index is 742. The van der Waals surface area contributed by atoms with Crippen LogP contribution >= 0.6 is 0 Å². The third kappa shape index (κ3) is 4.19. The number of rotatable bonds is 6. The maximum absolute atomic E-state index is 10.6. The standard InChI is InChI=1S/C21H30O2/c1-5-6-7-8-16-12-19(22)21(20(23)13-16)18-11-15(4)9-10-17(18)14(2)3/h11-13,17-18,22-23H,2,5-10H2,1,3-4H3/t17-,18+/m0/s1/i4D3,9D2. The second-order valence-corrected chi connectivity index (χ2v) is 6.44. The second-order valence-electron chi connectivity index (χ2n) is 6.44. The molecule has 2 heteroatoms. The third-order valence-corrected chi connectivity index (χ3v) is 4.52. The van der Waals surface area contributed by atoms with Crippen LogP contribution in [-0.2, 0) is 6.42 Å². The fraction of sp³-hybridized carbons (Fsp3) is 0.524. The maximum atomic E-state index is 10.6. The lowest BCUT2D eigenvalue weighted by Gasteiger charge is -2.31. The lowest BCUT2D eigenvalue weighted by atomic mass is 9.73. The molecule has 1 aromatic rings. The zero-order valence-corrected chi connectivity index (χ0v) is 14.0. The lowest BCUT2D eigenvalue weighted by Crippen LogP contribution is -2.17. The van der Waals surface area contributed by atoms with Crippen molar-refractivity contribution in [2.75, 3.05) is 0 Å². The van der Waals surface area contributed by atoms with E-state index in [1.54, 1.807) is 19.1 Å². The van der Waals surface area contributed by atoms with Crippen molar-refractivity contribution in [1.82, 2.24) is 0 Å². The molecule has 2 nitrogen and oxygen atoms in total. The van der Waals surface area contributed by atoms with Gasteiger partial charge in [-0.15, -0.1) is 0 Å². The quantitative estimate of drug-likeness (QED) is 0.510. The number of aryl methyl sites for hydroxylation is 1. The SMILES string of the molecule is [2H]C([2H])([2H])C1=C[C@@H](c2c(O)cc(CCCCC)cc2O)[C@H](C(=C)C)CC1([2H])[2H].